The fraction of sp³-hybridized carbons (Fsp3) is 0.632. The van der Waals surface area contributed by atoms with Crippen LogP contribution >= 0.6 is 0 Å². The number of hydrogen-bond acceptors (Lipinski definition) is 3. The van der Waals surface area contributed by atoms with E-state index in [-0.39, 0.29) is 29.0 Å². The fourth-order valence-corrected chi connectivity index (χ4v) is 3.80. The molecule has 6 nitrogen and oxygen atoms in total. The molecule has 2 heterocycles. The second-order valence-corrected chi connectivity index (χ2v) is 7.24. The van der Waals surface area contributed by atoms with E-state index in [1.807, 2.05) is 4.90 Å². The largest absolute Gasteiger partial charge is 0.339 e. The summed E-state index contributed by atoms with van der Waals surface area (Å²) in [6.45, 7) is 1.51. The van der Waals surface area contributed by atoms with Crippen LogP contribution in [0, 0.1) is 5.92 Å². The molecule has 25 heavy (non-hydrogen) atoms. The number of carbonyl (C=O) groups is 2. The molecule has 1 aliphatic heterocycles. The van der Waals surface area contributed by atoms with E-state index in [4.69, 9.17) is 0 Å². The molecule has 1 aliphatic carbocycles. The summed E-state index contributed by atoms with van der Waals surface area (Å²) in [5.41, 5.74) is 0.393. The molecule has 2 aliphatic rings. The first-order valence-corrected chi connectivity index (χ1v) is 9.37. The lowest BCUT2D eigenvalue weighted by Gasteiger charge is -2.21. The molecule has 3 rings (SSSR count). The third kappa shape index (κ3) is 4.11. The van der Waals surface area contributed by atoms with Gasteiger partial charge in [-0.2, -0.15) is 0 Å². The quantitative estimate of drug-likeness (QED) is 0.915. The van der Waals surface area contributed by atoms with Gasteiger partial charge in [0.1, 0.15) is 5.69 Å². The molecule has 1 saturated carbocycles. The van der Waals surface area contributed by atoms with Crippen molar-refractivity contribution in [1.82, 2.24) is 9.47 Å². The second-order valence-electron chi connectivity index (χ2n) is 7.24. The smallest absolute Gasteiger partial charge is 0.274 e. The van der Waals surface area contributed by atoms with E-state index in [0.717, 1.165) is 64.5 Å². The van der Waals surface area contributed by atoms with Crippen molar-refractivity contribution < 1.29 is 9.59 Å². The minimum absolute atomic E-state index is 0.0188. The number of aromatic nitrogens is 1. The van der Waals surface area contributed by atoms with Crippen molar-refractivity contribution in [3.05, 3.63) is 28.2 Å². The van der Waals surface area contributed by atoms with E-state index in [0.29, 0.717) is 5.56 Å². The monoisotopic (exact) mass is 345 g/mol. The number of carbonyl (C=O) groups excluding carboxylic acids is 2. The topological polar surface area (TPSA) is 71.4 Å². The maximum absolute atomic E-state index is 12.8. The highest BCUT2D eigenvalue weighted by atomic mass is 16.2. The summed E-state index contributed by atoms with van der Waals surface area (Å²) in [7, 11) is 1.62. The van der Waals surface area contributed by atoms with Crippen LogP contribution in [-0.4, -0.2) is 34.4 Å². The number of nitrogens with one attached hydrogen (secondary N) is 1. The molecule has 0 atom stereocenters. The number of rotatable bonds is 3. The molecule has 0 radical (unpaired) electrons. The third-order valence-corrected chi connectivity index (χ3v) is 5.31. The van der Waals surface area contributed by atoms with Crippen molar-refractivity contribution in [3.63, 3.8) is 0 Å². The molecule has 1 N–H and O–H groups in total. The molecule has 0 aromatic carbocycles. The van der Waals surface area contributed by atoms with Crippen molar-refractivity contribution in [2.75, 3.05) is 18.4 Å². The summed E-state index contributed by atoms with van der Waals surface area (Å²) in [5, 5.41) is 2.76. The Morgan fingerprint density at radius 3 is 2.32 bits per heavy atom. The molecule has 6 heteroatoms. The van der Waals surface area contributed by atoms with Crippen LogP contribution in [0.2, 0.25) is 0 Å². The van der Waals surface area contributed by atoms with Crippen LogP contribution in [0.4, 0.5) is 5.69 Å². The molecule has 2 amide bonds. The molecule has 0 spiro atoms. The molecular weight excluding hydrogens is 318 g/mol. The lowest BCUT2D eigenvalue weighted by atomic mass is 10.1. The van der Waals surface area contributed by atoms with E-state index in [9.17, 15) is 14.4 Å². The number of pyridine rings is 1. The minimum atomic E-state index is -0.279. The van der Waals surface area contributed by atoms with Crippen LogP contribution in [0.3, 0.4) is 0 Å². The maximum atomic E-state index is 12.8. The van der Waals surface area contributed by atoms with Gasteiger partial charge in [0.15, 0.2) is 0 Å². The Balaban J connectivity index is 1.80. The molecule has 1 aromatic rings. The number of likely N-dealkylation sites (tertiary alicyclic amines) is 1. The Kier molecular flexibility index (Phi) is 5.56. The zero-order valence-corrected chi connectivity index (χ0v) is 14.9. The number of amides is 2. The highest BCUT2D eigenvalue weighted by Crippen LogP contribution is 2.25. The zero-order valence-electron chi connectivity index (χ0n) is 14.9. The first-order chi connectivity index (χ1) is 12.1. The van der Waals surface area contributed by atoms with Gasteiger partial charge in [-0.15, -0.1) is 0 Å². The molecule has 0 unspecified atom stereocenters. The Morgan fingerprint density at radius 1 is 1.04 bits per heavy atom. The number of hydrogen-bond donors (Lipinski definition) is 1. The predicted molar refractivity (Wildman–Crippen MR) is 96.6 cm³/mol. The minimum Gasteiger partial charge on any atom is -0.339 e. The molecule has 136 valence electrons. The predicted octanol–water partition coefficient (Wildman–Crippen LogP) is 2.53. The van der Waals surface area contributed by atoms with Gasteiger partial charge in [-0.1, -0.05) is 25.7 Å². The van der Waals surface area contributed by atoms with E-state index in [1.54, 1.807) is 19.3 Å². The van der Waals surface area contributed by atoms with Crippen molar-refractivity contribution in [3.8, 4) is 0 Å². The van der Waals surface area contributed by atoms with Gasteiger partial charge in [0.05, 0.1) is 5.56 Å². The average molecular weight is 345 g/mol. The van der Waals surface area contributed by atoms with Crippen LogP contribution in [0.1, 0.15) is 61.7 Å². The van der Waals surface area contributed by atoms with Gasteiger partial charge in [-0.05, 0) is 31.7 Å². The maximum Gasteiger partial charge on any atom is 0.274 e. The standard InChI is InChI=1S/C19H27N3O3/c1-21-13-15(18(24)22-10-6-2-3-7-11-22)12-16(19(21)25)20-17(23)14-8-4-5-9-14/h12-14H,2-11H2,1H3,(H,20,23). The summed E-state index contributed by atoms with van der Waals surface area (Å²) in [6.07, 6.45) is 9.77. The SMILES string of the molecule is Cn1cc(C(=O)N2CCCCCC2)cc(NC(=O)C2CCCC2)c1=O. The summed E-state index contributed by atoms with van der Waals surface area (Å²) in [4.78, 5) is 39.4. The fourth-order valence-electron chi connectivity index (χ4n) is 3.80. The summed E-state index contributed by atoms with van der Waals surface area (Å²) in [5.74, 6) is -0.183. The van der Waals surface area contributed by atoms with Gasteiger partial charge in [-0.3, -0.25) is 14.4 Å². The number of aryl methyl sites for hydroxylation is 1. The van der Waals surface area contributed by atoms with Gasteiger partial charge in [0.25, 0.3) is 11.5 Å². The highest BCUT2D eigenvalue weighted by molar-refractivity contribution is 5.97. The van der Waals surface area contributed by atoms with Gasteiger partial charge < -0.3 is 14.8 Å². The van der Waals surface area contributed by atoms with Crippen LogP contribution in [0.5, 0.6) is 0 Å². The highest BCUT2D eigenvalue weighted by Gasteiger charge is 2.24. The summed E-state index contributed by atoms with van der Waals surface area (Å²) < 4.78 is 1.38. The number of anilines is 1. The molecule has 0 bridgehead atoms. The molecule has 1 saturated heterocycles. The molecule has 1 aromatic heterocycles. The van der Waals surface area contributed by atoms with Crippen LogP contribution < -0.4 is 10.9 Å². The van der Waals surface area contributed by atoms with Gasteiger partial charge >= 0.3 is 0 Å². The van der Waals surface area contributed by atoms with Gasteiger partial charge in [-0.25, -0.2) is 0 Å². The normalized spacial score (nSPS) is 18.8. The second kappa shape index (κ2) is 7.85. The lowest BCUT2D eigenvalue weighted by Crippen LogP contribution is -2.34. The van der Waals surface area contributed by atoms with Crippen LogP contribution in [0.15, 0.2) is 17.1 Å². The van der Waals surface area contributed by atoms with Crippen molar-refractivity contribution in [1.29, 1.82) is 0 Å². The first-order valence-electron chi connectivity index (χ1n) is 9.37. The van der Waals surface area contributed by atoms with E-state index >= 15 is 0 Å². The average Bonchev–Trinajstić information content (AvgIpc) is 3.01. The number of nitrogens with zero attached hydrogens (tertiary/aromatic N) is 2. The van der Waals surface area contributed by atoms with E-state index in [1.165, 1.54) is 4.57 Å². The summed E-state index contributed by atoms with van der Waals surface area (Å²) in [6, 6.07) is 1.54. The van der Waals surface area contributed by atoms with Gasteiger partial charge in [0.2, 0.25) is 5.91 Å². The van der Waals surface area contributed by atoms with Crippen molar-refractivity contribution >= 4 is 17.5 Å². The zero-order chi connectivity index (χ0) is 17.8. The van der Waals surface area contributed by atoms with Gasteiger partial charge in [0, 0.05) is 32.3 Å². The van der Waals surface area contributed by atoms with Crippen molar-refractivity contribution in [2.24, 2.45) is 13.0 Å². The third-order valence-electron chi connectivity index (χ3n) is 5.31. The Morgan fingerprint density at radius 2 is 1.68 bits per heavy atom. The van der Waals surface area contributed by atoms with Crippen LogP contribution in [0.25, 0.3) is 0 Å². The van der Waals surface area contributed by atoms with Crippen molar-refractivity contribution in [2.45, 2.75) is 51.4 Å². The molecular formula is C19H27N3O3. The van der Waals surface area contributed by atoms with E-state index < -0.39 is 0 Å². The Labute approximate surface area is 148 Å². The molecule has 2 fully saturated rings. The summed E-state index contributed by atoms with van der Waals surface area (Å²) >= 11 is 0. The first kappa shape index (κ1) is 17.7. The Hall–Kier alpha value is -2.11. The Bertz CT molecular complexity index is 696. The van der Waals surface area contributed by atoms with Crippen LogP contribution in [-0.2, 0) is 11.8 Å². The lowest BCUT2D eigenvalue weighted by molar-refractivity contribution is -0.119. The van der Waals surface area contributed by atoms with E-state index in [2.05, 4.69) is 5.32 Å².